The van der Waals surface area contributed by atoms with E-state index in [9.17, 15) is 18.0 Å². The van der Waals surface area contributed by atoms with E-state index in [2.05, 4.69) is 5.32 Å². The summed E-state index contributed by atoms with van der Waals surface area (Å²) in [4.78, 5) is 26.9. The summed E-state index contributed by atoms with van der Waals surface area (Å²) in [5.74, 6) is -0.957. The third kappa shape index (κ3) is 4.99. The molecule has 0 saturated heterocycles. The predicted molar refractivity (Wildman–Crippen MR) is 128 cm³/mol. The van der Waals surface area contributed by atoms with Crippen molar-refractivity contribution in [2.24, 2.45) is 0 Å². The molecule has 0 aliphatic heterocycles. The molecule has 1 amide bonds. The Balaban J connectivity index is 1.95. The second-order valence-electron chi connectivity index (χ2n) is 8.13. The van der Waals surface area contributed by atoms with Crippen LogP contribution in [0.4, 0.5) is 10.7 Å². The van der Waals surface area contributed by atoms with Gasteiger partial charge in [0, 0.05) is 4.88 Å². The topological polar surface area (TPSA) is 92.8 Å². The number of esters is 1. The fraction of sp³-hybridized carbons (Fsp3) is 0.478. The normalized spacial score (nSPS) is 14.4. The minimum absolute atomic E-state index is 0.238. The maximum absolute atomic E-state index is 13.2. The molecule has 7 nitrogen and oxygen atoms in total. The van der Waals surface area contributed by atoms with Crippen molar-refractivity contribution >= 4 is 43.9 Å². The van der Waals surface area contributed by atoms with E-state index in [-0.39, 0.29) is 6.61 Å². The molecule has 0 fully saturated rings. The van der Waals surface area contributed by atoms with Crippen molar-refractivity contribution < 1.29 is 22.7 Å². The van der Waals surface area contributed by atoms with Gasteiger partial charge in [0.25, 0.3) is 0 Å². The van der Waals surface area contributed by atoms with Crippen LogP contribution >= 0.6 is 11.3 Å². The Morgan fingerprint density at radius 3 is 2.50 bits per heavy atom. The van der Waals surface area contributed by atoms with Gasteiger partial charge in [0.05, 0.1) is 24.1 Å². The molecule has 1 aromatic carbocycles. The van der Waals surface area contributed by atoms with E-state index in [1.165, 1.54) is 11.3 Å². The summed E-state index contributed by atoms with van der Waals surface area (Å²) in [5.41, 5.74) is 3.73. The Hall–Kier alpha value is -2.39. The van der Waals surface area contributed by atoms with Gasteiger partial charge in [0.2, 0.25) is 15.9 Å². The molecule has 1 unspecified atom stereocenters. The molecule has 32 heavy (non-hydrogen) atoms. The molecule has 1 atom stereocenters. The second-order valence-corrected chi connectivity index (χ2v) is 11.1. The lowest BCUT2D eigenvalue weighted by atomic mass is 9.95. The second kappa shape index (κ2) is 9.62. The van der Waals surface area contributed by atoms with Crippen molar-refractivity contribution in [2.45, 2.75) is 59.4 Å². The maximum atomic E-state index is 13.2. The summed E-state index contributed by atoms with van der Waals surface area (Å²) in [6.45, 7) is 7.36. The number of amides is 1. The van der Waals surface area contributed by atoms with Gasteiger partial charge in [-0.1, -0.05) is 6.07 Å². The molecule has 0 spiro atoms. The number of carbonyl (C=O) groups is 2. The van der Waals surface area contributed by atoms with E-state index < -0.39 is 27.9 Å². The standard InChI is InChI=1S/C23H30N2O5S2/c1-6-30-23(27)20-18-9-7-8-10-19(18)31-22(20)24-21(26)16(4)25(32(5,28)29)17-12-11-14(2)15(3)13-17/h11-13,16H,6-10H2,1-5H3,(H,24,26). The predicted octanol–water partition coefficient (Wildman–Crippen LogP) is 4.21. The van der Waals surface area contributed by atoms with Gasteiger partial charge < -0.3 is 10.1 Å². The van der Waals surface area contributed by atoms with Gasteiger partial charge in [-0.25, -0.2) is 13.2 Å². The Kier molecular flexibility index (Phi) is 7.29. The van der Waals surface area contributed by atoms with Crippen molar-refractivity contribution in [2.75, 3.05) is 22.5 Å². The number of fused-ring (bicyclic) bond motifs is 1. The Labute approximate surface area is 193 Å². The first-order chi connectivity index (χ1) is 15.0. The molecule has 0 radical (unpaired) electrons. The molecule has 9 heteroatoms. The monoisotopic (exact) mass is 478 g/mol. The lowest BCUT2D eigenvalue weighted by molar-refractivity contribution is -0.116. The number of anilines is 2. The minimum atomic E-state index is -3.74. The zero-order valence-corrected chi connectivity index (χ0v) is 20.8. The van der Waals surface area contributed by atoms with E-state index in [4.69, 9.17) is 4.74 Å². The number of nitrogens with zero attached hydrogens (tertiary/aromatic N) is 1. The smallest absolute Gasteiger partial charge is 0.341 e. The highest BCUT2D eigenvalue weighted by Crippen LogP contribution is 2.39. The zero-order valence-electron chi connectivity index (χ0n) is 19.1. The molecular formula is C23H30N2O5S2. The summed E-state index contributed by atoms with van der Waals surface area (Å²) in [7, 11) is -3.74. The van der Waals surface area contributed by atoms with E-state index in [1.54, 1.807) is 26.0 Å². The molecule has 3 rings (SSSR count). The van der Waals surface area contributed by atoms with Crippen LogP contribution < -0.4 is 9.62 Å². The first-order valence-electron chi connectivity index (χ1n) is 10.7. The summed E-state index contributed by atoms with van der Waals surface area (Å²) < 4.78 is 31.6. The van der Waals surface area contributed by atoms with Crippen molar-refractivity contribution in [3.8, 4) is 0 Å². The van der Waals surface area contributed by atoms with Gasteiger partial charge >= 0.3 is 5.97 Å². The highest BCUT2D eigenvalue weighted by atomic mass is 32.2. The number of ether oxygens (including phenoxy) is 1. The Bertz CT molecular complexity index is 1140. The lowest BCUT2D eigenvalue weighted by Crippen LogP contribution is -2.45. The number of nitrogens with one attached hydrogen (secondary N) is 1. The fourth-order valence-corrected chi connectivity index (χ4v) is 6.41. The quantitative estimate of drug-likeness (QED) is 0.602. The van der Waals surface area contributed by atoms with E-state index >= 15 is 0 Å². The molecule has 1 N–H and O–H groups in total. The molecule has 0 saturated carbocycles. The number of rotatable bonds is 7. The molecule has 1 aliphatic carbocycles. The van der Waals surface area contributed by atoms with E-state index in [0.29, 0.717) is 16.3 Å². The number of carbonyl (C=O) groups excluding carboxylic acids is 2. The van der Waals surface area contributed by atoms with Crippen molar-refractivity contribution in [1.29, 1.82) is 0 Å². The largest absolute Gasteiger partial charge is 0.462 e. The summed E-state index contributed by atoms with van der Waals surface area (Å²) in [6.07, 6.45) is 4.72. The Morgan fingerprint density at radius 2 is 1.88 bits per heavy atom. The highest BCUT2D eigenvalue weighted by Gasteiger charge is 2.32. The van der Waals surface area contributed by atoms with Crippen LogP contribution in [0.5, 0.6) is 0 Å². The first kappa shape index (κ1) is 24.3. The molecular weight excluding hydrogens is 448 g/mol. The number of hydrogen-bond donors (Lipinski definition) is 1. The van der Waals surface area contributed by atoms with Gasteiger partial charge in [-0.2, -0.15) is 0 Å². The summed E-state index contributed by atoms with van der Waals surface area (Å²) >= 11 is 1.38. The van der Waals surface area contributed by atoms with Crippen LogP contribution in [0.3, 0.4) is 0 Å². The number of benzene rings is 1. The minimum Gasteiger partial charge on any atom is -0.462 e. The van der Waals surface area contributed by atoms with Gasteiger partial charge in [-0.3, -0.25) is 9.10 Å². The van der Waals surface area contributed by atoms with E-state index in [1.807, 2.05) is 19.9 Å². The fourth-order valence-electron chi connectivity index (χ4n) is 3.96. The number of aryl methyl sites for hydroxylation is 3. The molecule has 1 heterocycles. The van der Waals surface area contributed by atoms with Crippen LogP contribution in [0.2, 0.25) is 0 Å². The third-order valence-corrected chi connectivity index (χ3v) is 8.17. The van der Waals surface area contributed by atoms with Crippen molar-refractivity contribution in [3.05, 3.63) is 45.3 Å². The third-order valence-electron chi connectivity index (χ3n) is 5.72. The molecule has 1 aliphatic rings. The van der Waals surface area contributed by atoms with Crippen LogP contribution in [0.25, 0.3) is 0 Å². The van der Waals surface area contributed by atoms with Crippen LogP contribution in [0.15, 0.2) is 18.2 Å². The number of thiophene rings is 1. The van der Waals surface area contributed by atoms with Crippen LogP contribution in [-0.2, 0) is 32.4 Å². The SMILES string of the molecule is CCOC(=O)c1c(NC(=O)C(C)N(c2ccc(C)c(C)c2)S(C)(=O)=O)sc2c1CCCC2. The highest BCUT2D eigenvalue weighted by molar-refractivity contribution is 7.92. The number of sulfonamides is 1. The van der Waals surface area contributed by atoms with Crippen molar-refractivity contribution in [3.63, 3.8) is 0 Å². The number of hydrogen-bond acceptors (Lipinski definition) is 6. The van der Waals surface area contributed by atoms with Crippen LogP contribution in [-0.4, -0.2) is 39.2 Å². The average Bonchev–Trinajstić information content (AvgIpc) is 3.07. The van der Waals surface area contributed by atoms with Crippen LogP contribution in [0, 0.1) is 13.8 Å². The van der Waals surface area contributed by atoms with E-state index in [0.717, 1.165) is 57.8 Å². The maximum Gasteiger partial charge on any atom is 0.341 e. The van der Waals surface area contributed by atoms with Gasteiger partial charge in [0.15, 0.2) is 0 Å². The molecule has 0 bridgehead atoms. The van der Waals surface area contributed by atoms with Crippen LogP contribution in [0.1, 0.15) is 58.6 Å². The molecule has 2 aromatic rings. The molecule has 174 valence electrons. The summed E-state index contributed by atoms with van der Waals surface area (Å²) in [5, 5.41) is 3.26. The summed E-state index contributed by atoms with van der Waals surface area (Å²) in [6, 6.07) is 4.27. The average molecular weight is 479 g/mol. The lowest BCUT2D eigenvalue weighted by Gasteiger charge is -2.28. The molecule has 1 aromatic heterocycles. The van der Waals surface area contributed by atoms with Gasteiger partial charge in [0.1, 0.15) is 11.0 Å². The zero-order chi connectivity index (χ0) is 23.6. The van der Waals surface area contributed by atoms with Crippen molar-refractivity contribution in [1.82, 2.24) is 0 Å². The van der Waals surface area contributed by atoms with Gasteiger partial charge in [-0.15, -0.1) is 11.3 Å². The Morgan fingerprint density at radius 1 is 1.19 bits per heavy atom. The first-order valence-corrected chi connectivity index (χ1v) is 13.4. The van der Waals surface area contributed by atoms with Gasteiger partial charge in [-0.05, 0) is 82.2 Å².